The Morgan fingerprint density at radius 3 is 2.28 bits per heavy atom. The number of methoxy groups -OCH3 is 3. The Labute approximate surface area is 173 Å². The molecule has 2 N–H and O–H groups in total. The van der Waals surface area contributed by atoms with E-state index in [1.54, 1.807) is 37.3 Å². The van der Waals surface area contributed by atoms with Crippen molar-refractivity contribution in [1.29, 1.82) is 0 Å². The second kappa shape index (κ2) is 10.3. The first-order valence-corrected chi connectivity index (χ1v) is 8.94. The molecular weight excluding hydrogens is 398 g/mol. The third kappa shape index (κ3) is 6.11. The van der Waals surface area contributed by atoms with Crippen LogP contribution in [-0.4, -0.2) is 38.9 Å². The second-order valence-electron chi connectivity index (χ2n) is 5.93. The molecule has 0 saturated heterocycles. The molecule has 2 rings (SSSR count). The van der Waals surface area contributed by atoms with E-state index in [-0.39, 0.29) is 12.3 Å². The third-order valence-electron chi connectivity index (χ3n) is 3.85. The lowest BCUT2D eigenvalue weighted by atomic mass is 10.2. The summed E-state index contributed by atoms with van der Waals surface area (Å²) in [4.78, 5) is 24.5. The molecular formula is C20H22ClN3O5. The number of hydrazone groups is 1. The van der Waals surface area contributed by atoms with Gasteiger partial charge in [0.05, 0.1) is 33.4 Å². The molecule has 0 unspecified atom stereocenters. The van der Waals surface area contributed by atoms with Gasteiger partial charge in [-0.05, 0) is 43.3 Å². The first kappa shape index (κ1) is 22.0. The lowest BCUT2D eigenvalue weighted by Crippen LogP contribution is -2.21. The fraction of sp³-hybridized carbons (Fsp3) is 0.250. The summed E-state index contributed by atoms with van der Waals surface area (Å²) in [7, 11) is 4.49. The van der Waals surface area contributed by atoms with E-state index in [0.717, 1.165) is 0 Å². The maximum Gasteiger partial charge on any atom is 0.271 e. The van der Waals surface area contributed by atoms with Crippen molar-refractivity contribution < 1.29 is 23.8 Å². The molecule has 0 aliphatic rings. The van der Waals surface area contributed by atoms with Crippen molar-refractivity contribution >= 4 is 34.8 Å². The van der Waals surface area contributed by atoms with Gasteiger partial charge in [-0.1, -0.05) is 11.6 Å². The second-order valence-corrected chi connectivity index (χ2v) is 6.36. The molecule has 8 nitrogen and oxygen atoms in total. The monoisotopic (exact) mass is 419 g/mol. The summed E-state index contributed by atoms with van der Waals surface area (Å²) in [6.45, 7) is 1.63. The normalized spacial score (nSPS) is 10.9. The number of amides is 2. The molecule has 2 aromatic rings. The number of rotatable bonds is 8. The largest absolute Gasteiger partial charge is 0.495 e. The van der Waals surface area contributed by atoms with Crippen LogP contribution in [0.15, 0.2) is 41.5 Å². The summed E-state index contributed by atoms with van der Waals surface area (Å²) < 4.78 is 15.5. The van der Waals surface area contributed by atoms with Crippen molar-refractivity contribution in [3.8, 4) is 17.2 Å². The van der Waals surface area contributed by atoms with Crippen molar-refractivity contribution in [2.75, 3.05) is 26.6 Å². The predicted molar refractivity (Wildman–Crippen MR) is 111 cm³/mol. The molecule has 0 bridgehead atoms. The van der Waals surface area contributed by atoms with Gasteiger partial charge in [0.2, 0.25) is 5.91 Å². The standard InChI is InChI=1S/C20H22ClN3O5/c1-12(9-19(25)22-15-11-14(21)6-8-16(15)27-2)23-24-20(26)13-5-7-17(28-3)18(10-13)29-4/h5-8,10-11H,9H2,1-4H3,(H,22,25)(H,24,26). The minimum Gasteiger partial charge on any atom is -0.495 e. The highest BCUT2D eigenvalue weighted by Gasteiger charge is 2.12. The molecule has 2 amide bonds. The van der Waals surface area contributed by atoms with Crippen molar-refractivity contribution in [2.45, 2.75) is 13.3 Å². The number of nitrogens with zero attached hydrogens (tertiary/aromatic N) is 1. The van der Waals surface area contributed by atoms with Gasteiger partial charge in [0.15, 0.2) is 11.5 Å². The van der Waals surface area contributed by atoms with Gasteiger partial charge >= 0.3 is 0 Å². The van der Waals surface area contributed by atoms with Gasteiger partial charge in [-0.3, -0.25) is 9.59 Å². The molecule has 0 aromatic heterocycles. The van der Waals surface area contributed by atoms with E-state index in [1.165, 1.54) is 27.4 Å². The predicted octanol–water partition coefficient (Wildman–Crippen LogP) is 3.50. The van der Waals surface area contributed by atoms with Gasteiger partial charge in [0.25, 0.3) is 5.91 Å². The highest BCUT2D eigenvalue weighted by Crippen LogP contribution is 2.28. The summed E-state index contributed by atoms with van der Waals surface area (Å²) in [5, 5.41) is 7.14. The number of anilines is 1. The van der Waals surface area contributed by atoms with E-state index in [9.17, 15) is 9.59 Å². The highest BCUT2D eigenvalue weighted by atomic mass is 35.5. The van der Waals surface area contributed by atoms with E-state index in [4.69, 9.17) is 25.8 Å². The fourth-order valence-electron chi connectivity index (χ4n) is 2.43. The van der Waals surface area contributed by atoms with E-state index in [1.807, 2.05) is 0 Å². The van der Waals surface area contributed by atoms with Crippen molar-refractivity contribution in [1.82, 2.24) is 5.43 Å². The van der Waals surface area contributed by atoms with Crippen LogP contribution in [0.1, 0.15) is 23.7 Å². The third-order valence-corrected chi connectivity index (χ3v) is 4.08. The van der Waals surface area contributed by atoms with Crippen molar-refractivity contribution in [2.24, 2.45) is 5.10 Å². The Bertz CT molecular complexity index is 930. The van der Waals surface area contributed by atoms with Gasteiger partial charge < -0.3 is 19.5 Å². The van der Waals surface area contributed by atoms with Crippen LogP contribution in [0.4, 0.5) is 5.69 Å². The summed E-state index contributed by atoms with van der Waals surface area (Å²) in [5.41, 5.74) is 3.62. The molecule has 0 saturated carbocycles. The molecule has 0 spiro atoms. The lowest BCUT2D eigenvalue weighted by molar-refractivity contribution is -0.115. The first-order chi connectivity index (χ1) is 13.9. The summed E-state index contributed by atoms with van der Waals surface area (Å²) in [6.07, 6.45) is -0.0259. The van der Waals surface area contributed by atoms with Crippen LogP contribution in [-0.2, 0) is 4.79 Å². The van der Waals surface area contributed by atoms with E-state index < -0.39 is 5.91 Å². The molecule has 0 radical (unpaired) electrons. The van der Waals surface area contributed by atoms with Crippen molar-refractivity contribution in [3.05, 3.63) is 47.0 Å². The zero-order valence-electron chi connectivity index (χ0n) is 16.5. The maximum atomic E-state index is 12.3. The number of nitrogens with one attached hydrogen (secondary N) is 2. The summed E-state index contributed by atoms with van der Waals surface area (Å²) in [6, 6.07) is 9.64. The minimum absolute atomic E-state index is 0.0259. The van der Waals surface area contributed by atoms with Crippen LogP contribution in [0.25, 0.3) is 0 Å². The topological polar surface area (TPSA) is 98.2 Å². The summed E-state index contributed by atoms with van der Waals surface area (Å²) in [5.74, 6) is 0.654. The molecule has 2 aromatic carbocycles. The summed E-state index contributed by atoms with van der Waals surface area (Å²) >= 11 is 5.95. The highest BCUT2D eigenvalue weighted by molar-refractivity contribution is 6.31. The van der Waals surface area contributed by atoms with Crippen LogP contribution in [0.3, 0.4) is 0 Å². The van der Waals surface area contributed by atoms with Gasteiger partial charge in [-0.2, -0.15) is 5.10 Å². The average molecular weight is 420 g/mol. The Balaban J connectivity index is 1.98. The van der Waals surface area contributed by atoms with Crippen molar-refractivity contribution in [3.63, 3.8) is 0 Å². The van der Waals surface area contributed by atoms with Crippen LogP contribution in [0, 0.1) is 0 Å². The van der Waals surface area contributed by atoms with Crippen LogP contribution in [0.5, 0.6) is 17.2 Å². The maximum absolute atomic E-state index is 12.3. The molecule has 0 fully saturated rings. The Morgan fingerprint density at radius 2 is 1.62 bits per heavy atom. The fourth-order valence-corrected chi connectivity index (χ4v) is 2.60. The Kier molecular flexibility index (Phi) is 7.85. The molecule has 154 valence electrons. The van der Waals surface area contributed by atoms with Crippen LogP contribution < -0.4 is 25.0 Å². The van der Waals surface area contributed by atoms with Gasteiger partial charge in [0.1, 0.15) is 5.75 Å². The zero-order chi connectivity index (χ0) is 21.4. The van der Waals surface area contributed by atoms with E-state index >= 15 is 0 Å². The van der Waals surface area contributed by atoms with Gasteiger partial charge in [-0.15, -0.1) is 0 Å². The first-order valence-electron chi connectivity index (χ1n) is 8.56. The van der Waals surface area contributed by atoms with Crippen LogP contribution >= 0.6 is 11.6 Å². The quantitative estimate of drug-likeness (QED) is 0.504. The average Bonchev–Trinajstić information content (AvgIpc) is 2.71. The number of halogens is 1. The molecule has 9 heteroatoms. The van der Waals surface area contributed by atoms with E-state index in [2.05, 4.69) is 15.8 Å². The molecule has 0 atom stereocenters. The number of hydrogen-bond donors (Lipinski definition) is 2. The number of benzene rings is 2. The number of ether oxygens (including phenoxy) is 3. The Hall–Kier alpha value is -3.26. The molecule has 0 aliphatic carbocycles. The van der Waals surface area contributed by atoms with E-state index in [0.29, 0.717) is 39.2 Å². The van der Waals surface area contributed by atoms with Gasteiger partial charge in [0, 0.05) is 16.3 Å². The smallest absolute Gasteiger partial charge is 0.271 e. The zero-order valence-corrected chi connectivity index (χ0v) is 17.3. The number of carbonyl (C=O) groups is 2. The molecule has 0 aliphatic heterocycles. The lowest BCUT2D eigenvalue weighted by Gasteiger charge is -2.11. The molecule has 0 heterocycles. The van der Waals surface area contributed by atoms with Gasteiger partial charge in [-0.25, -0.2) is 5.43 Å². The molecule has 29 heavy (non-hydrogen) atoms. The minimum atomic E-state index is -0.442. The number of hydrogen-bond acceptors (Lipinski definition) is 6. The SMILES string of the molecule is COc1ccc(Cl)cc1NC(=O)CC(C)=NNC(=O)c1ccc(OC)c(OC)c1. The number of carbonyl (C=O) groups excluding carboxylic acids is 2. The van der Waals surface area contributed by atoms with Crippen LogP contribution in [0.2, 0.25) is 5.02 Å². The Morgan fingerprint density at radius 1 is 0.966 bits per heavy atom.